The maximum atomic E-state index is 13.3. The molecule has 12 heteroatoms. The average Bonchev–Trinajstić information content (AvgIpc) is 3.46. The van der Waals surface area contributed by atoms with E-state index in [1.54, 1.807) is 16.7 Å². The van der Waals surface area contributed by atoms with Gasteiger partial charge in [0.25, 0.3) is 10.2 Å². The molecule has 0 atom stereocenters. The molecule has 0 radical (unpaired) electrons. The zero-order chi connectivity index (χ0) is 24.2. The number of piperazine rings is 1. The molecule has 1 N–H and O–H groups in total. The highest BCUT2D eigenvalue weighted by Crippen LogP contribution is 2.41. The van der Waals surface area contributed by atoms with E-state index in [4.69, 9.17) is 0 Å². The minimum Gasteiger partial charge on any atom is -0.346 e. The summed E-state index contributed by atoms with van der Waals surface area (Å²) >= 11 is 0. The van der Waals surface area contributed by atoms with E-state index < -0.39 is 15.7 Å². The molecule has 0 spiro atoms. The van der Waals surface area contributed by atoms with E-state index in [9.17, 15) is 13.7 Å². The highest BCUT2D eigenvalue weighted by molar-refractivity contribution is 7.86. The van der Waals surface area contributed by atoms with Crippen LogP contribution in [0.3, 0.4) is 0 Å². The number of fused-ring (bicyclic) bond motifs is 2. The largest absolute Gasteiger partial charge is 0.346 e. The van der Waals surface area contributed by atoms with E-state index >= 15 is 0 Å². The lowest BCUT2D eigenvalue weighted by Crippen LogP contribution is -2.67. The number of H-pyrrole nitrogens is 1. The van der Waals surface area contributed by atoms with E-state index in [-0.39, 0.29) is 19.5 Å². The monoisotopic (exact) mass is 491 g/mol. The molecule has 2 aliphatic rings. The number of nitriles is 1. The van der Waals surface area contributed by atoms with E-state index in [1.807, 2.05) is 31.6 Å². The number of nitrogens with one attached hydrogen (secondary N) is 1. The lowest BCUT2D eigenvalue weighted by atomic mass is 9.88. The summed E-state index contributed by atoms with van der Waals surface area (Å²) in [4.78, 5) is 18.4. The second kappa shape index (κ2) is 8.10. The van der Waals surface area contributed by atoms with Gasteiger partial charge < -0.3 is 14.5 Å². The van der Waals surface area contributed by atoms with Crippen molar-refractivity contribution in [3.63, 3.8) is 0 Å². The van der Waals surface area contributed by atoms with Crippen LogP contribution in [0.5, 0.6) is 0 Å². The van der Waals surface area contributed by atoms with Gasteiger partial charge in [-0.15, -0.1) is 0 Å². The van der Waals surface area contributed by atoms with Crippen LogP contribution in [0.25, 0.3) is 33.2 Å². The molecule has 11 nitrogen and oxygen atoms in total. The number of pyridine rings is 1. The SMILES string of the molecule is CN1CCN(S(=O)(=O)N2CC(CC#N)(n3cc(-c4ncnc5[nH]ccc45)c4cnccc43)C2)CC1. The first kappa shape index (κ1) is 22.1. The molecule has 6 rings (SSSR count). The van der Waals surface area contributed by atoms with Crippen LogP contribution >= 0.6 is 0 Å². The van der Waals surface area contributed by atoms with Crippen molar-refractivity contribution < 1.29 is 8.42 Å². The standard InChI is InChI=1S/C23H25N9O2S/c1-29-8-10-30(11-9-29)35(33,34)31-14-23(15-31,4-5-24)32-13-19(18-12-25-6-3-20(18)32)21-17-2-7-26-22(17)28-16-27-21/h2-3,6-7,12-13,16H,4,8-11,14-15H2,1H3,(H,26,27,28). The Morgan fingerprint density at radius 2 is 1.91 bits per heavy atom. The topological polar surface area (TPSA) is 127 Å². The molecule has 4 aromatic heterocycles. The summed E-state index contributed by atoms with van der Waals surface area (Å²) < 4.78 is 31.7. The van der Waals surface area contributed by atoms with Crippen molar-refractivity contribution in [2.24, 2.45) is 0 Å². The summed E-state index contributed by atoms with van der Waals surface area (Å²) in [6.45, 7) is 2.85. The number of likely N-dealkylation sites (N-methyl/N-ethyl adjacent to an activating group) is 1. The Morgan fingerprint density at radius 3 is 2.69 bits per heavy atom. The van der Waals surface area contributed by atoms with Crippen LogP contribution in [0, 0.1) is 11.3 Å². The van der Waals surface area contributed by atoms with Crippen LogP contribution in [0.4, 0.5) is 0 Å². The van der Waals surface area contributed by atoms with Crippen molar-refractivity contribution in [3.05, 3.63) is 43.2 Å². The van der Waals surface area contributed by atoms with Gasteiger partial charge in [-0.3, -0.25) is 4.98 Å². The number of nitrogens with zero attached hydrogens (tertiary/aromatic N) is 8. The summed E-state index contributed by atoms with van der Waals surface area (Å²) in [5.74, 6) is 0. The zero-order valence-electron chi connectivity index (χ0n) is 19.3. The lowest BCUT2D eigenvalue weighted by Gasteiger charge is -2.50. The first-order valence-corrected chi connectivity index (χ1v) is 12.9. The van der Waals surface area contributed by atoms with Crippen molar-refractivity contribution in [1.82, 2.24) is 38.0 Å². The van der Waals surface area contributed by atoms with Gasteiger partial charge in [-0.2, -0.15) is 22.3 Å². The molecule has 0 aromatic carbocycles. The van der Waals surface area contributed by atoms with Crippen LogP contribution in [0.2, 0.25) is 0 Å². The lowest BCUT2D eigenvalue weighted by molar-refractivity contribution is 0.0791. The van der Waals surface area contributed by atoms with Crippen LogP contribution < -0.4 is 0 Å². The molecule has 2 aliphatic heterocycles. The smallest absolute Gasteiger partial charge is 0.282 e. The highest BCUT2D eigenvalue weighted by Gasteiger charge is 2.51. The van der Waals surface area contributed by atoms with Gasteiger partial charge in [0.1, 0.15) is 12.0 Å². The Bertz CT molecular complexity index is 1550. The highest BCUT2D eigenvalue weighted by atomic mass is 32.2. The third kappa shape index (κ3) is 3.42. The fourth-order valence-electron chi connectivity index (χ4n) is 5.19. The van der Waals surface area contributed by atoms with Crippen LogP contribution in [0.1, 0.15) is 6.42 Å². The fourth-order valence-corrected chi connectivity index (χ4v) is 6.95. The summed E-state index contributed by atoms with van der Waals surface area (Å²) in [6, 6.07) is 6.14. The number of hydrogen-bond acceptors (Lipinski definition) is 7. The summed E-state index contributed by atoms with van der Waals surface area (Å²) in [5, 5.41) is 11.5. The number of hydrogen-bond donors (Lipinski definition) is 1. The number of rotatable bonds is 5. The van der Waals surface area contributed by atoms with E-state index in [0.29, 0.717) is 26.2 Å². The second-order valence-electron chi connectivity index (χ2n) is 9.31. The molecule has 0 unspecified atom stereocenters. The maximum absolute atomic E-state index is 13.3. The van der Waals surface area contributed by atoms with Crippen molar-refractivity contribution in [2.45, 2.75) is 12.0 Å². The molecule has 0 bridgehead atoms. The van der Waals surface area contributed by atoms with Gasteiger partial charge in [-0.25, -0.2) is 9.97 Å². The summed E-state index contributed by atoms with van der Waals surface area (Å²) in [6.07, 6.45) is 9.02. The molecule has 180 valence electrons. The molecule has 4 aromatic rings. The van der Waals surface area contributed by atoms with Crippen LogP contribution in [-0.4, -0.2) is 92.7 Å². The minimum atomic E-state index is -3.59. The Balaban J connectivity index is 1.40. The predicted molar refractivity (Wildman–Crippen MR) is 130 cm³/mol. The minimum absolute atomic E-state index is 0.191. The van der Waals surface area contributed by atoms with Gasteiger partial charge in [-0.1, -0.05) is 0 Å². The number of aromatic amines is 1. The van der Waals surface area contributed by atoms with Crippen LogP contribution in [-0.2, 0) is 15.7 Å². The molecule has 6 heterocycles. The van der Waals surface area contributed by atoms with E-state index in [1.165, 1.54) is 10.6 Å². The van der Waals surface area contributed by atoms with Gasteiger partial charge in [0.05, 0.1) is 29.2 Å². The molecular weight excluding hydrogens is 466 g/mol. The molecule has 2 saturated heterocycles. The molecule has 2 fully saturated rings. The molecular formula is C23H25N9O2S. The molecule has 0 saturated carbocycles. The Kier molecular flexibility index (Phi) is 5.12. The van der Waals surface area contributed by atoms with Crippen molar-refractivity contribution in [3.8, 4) is 17.3 Å². The second-order valence-corrected chi connectivity index (χ2v) is 11.2. The molecule has 0 amide bonds. The van der Waals surface area contributed by atoms with Gasteiger partial charge in [0, 0.05) is 80.4 Å². The quantitative estimate of drug-likeness (QED) is 0.447. The average molecular weight is 492 g/mol. The van der Waals surface area contributed by atoms with Crippen molar-refractivity contribution >= 4 is 32.1 Å². The van der Waals surface area contributed by atoms with Gasteiger partial charge in [0.15, 0.2) is 0 Å². The van der Waals surface area contributed by atoms with Crippen molar-refractivity contribution in [2.75, 3.05) is 46.3 Å². The molecule has 35 heavy (non-hydrogen) atoms. The Morgan fingerprint density at radius 1 is 1.11 bits per heavy atom. The summed E-state index contributed by atoms with van der Waals surface area (Å²) in [7, 11) is -1.59. The van der Waals surface area contributed by atoms with Gasteiger partial charge >= 0.3 is 0 Å². The van der Waals surface area contributed by atoms with Crippen molar-refractivity contribution in [1.29, 1.82) is 5.26 Å². The Labute approximate surface area is 202 Å². The van der Waals surface area contributed by atoms with Gasteiger partial charge in [0.2, 0.25) is 0 Å². The van der Waals surface area contributed by atoms with E-state index in [0.717, 1.165) is 33.2 Å². The first-order valence-electron chi connectivity index (χ1n) is 11.5. The maximum Gasteiger partial charge on any atom is 0.282 e. The van der Waals surface area contributed by atoms with Gasteiger partial charge in [-0.05, 0) is 19.2 Å². The Hall–Kier alpha value is -3.37. The third-order valence-electron chi connectivity index (χ3n) is 7.19. The number of aromatic nitrogens is 5. The zero-order valence-corrected chi connectivity index (χ0v) is 20.1. The van der Waals surface area contributed by atoms with E-state index in [2.05, 4.69) is 35.5 Å². The molecule has 0 aliphatic carbocycles. The summed E-state index contributed by atoms with van der Waals surface area (Å²) in [5.41, 5.74) is 2.60. The van der Waals surface area contributed by atoms with Crippen LogP contribution in [0.15, 0.2) is 43.2 Å². The predicted octanol–water partition coefficient (Wildman–Crippen LogP) is 1.39. The third-order valence-corrected chi connectivity index (χ3v) is 9.12. The normalized spacial score (nSPS) is 19.7. The first-order chi connectivity index (χ1) is 16.9. The fraction of sp³-hybridized carbons (Fsp3) is 0.391.